The molecule has 1 heterocycles. The Morgan fingerprint density at radius 2 is 1.73 bits per heavy atom. The Morgan fingerprint density at radius 3 is 2.13 bits per heavy atom. The van der Waals surface area contributed by atoms with Crippen LogP contribution in [0.4, 0.5) is 5.69 Å². The number of rotatable bonds is 2. The molecule has 1 aromatic rings. The predicted molar refractivity (Wildman–Crippen MR) is 65.4 cm³/mol. The second-order valence-electron chi connectivity index (χ2n) is 5.33. The molecule has 1 saturated heterocycles. The molecule has 0 amide bonds. The highest BCUT2D eigenvalue weighted by Gasteiger charge is 2.16. The van der Waals surface area contributed by atoms with Crippen LogP contribution in [-0.4, -0.2) is 19.1 Å². The van der Waals surface area contributed by atoms with E-state index in [1.54, 1.807) is 0 Å². The summed E-state index contributed by atoms with van der Waals surface area (Å²) in [4.78, 5) is 0. The number of nitrogens with one attached hydrogen (secondary N) is 2. The summed E-state index contributed by atoms with van der Waals surface area (Å²) in [5, 5.41) is 6.75. The smallest absolute Gasteiger partial charge is 0.0510 e. The molecule has 0 spiro atoms. The first kappa shape index (κ1) is 10.5. The minimum Gasteiger partial charge on any atom is -0.380 e. The maximum absolute atomic E-state index is 3.49. The molecule has 1 fully saturated rings. The summed E-state index contributed by atoms with van der Waals surface area (Å²) in [7, 11) is 0. The highest BCUT2D eigenvalue weighted by Crippen LogP contribution is 2.23. The Balaban J connectivity index is 2.03. The van der Waals surface area contributed by atoms with Crippen LogP contribution in [0, 0.1) is 0 Å². The quantitative estimate of drug-likeness (QED) is 0.773. The monoisotopic (exact) mass is 204 g/mol. The molecule has 15 heavy (non-hydrogen) atoms. The van der Waals surface area contributed by atoms with Crippen LogP contribution in [0.1, 0.15) is 26.3 Å². The number of benzene rings is 1. The van der Waals surface area contributed by atoms with E-state index < -0.39 is 0 Å². The van der Waals surface area contributed by atoms with Gasteiger partial charge in [0.15, 0.2) is 0 Å². The lowest BCUT2D eigenvalue weighted by molar-refractivity contribution is 0.472. The van der Waals surface area contributed by atoms with Gasteiger partial charge in [-0.25, -0.2) is 0 Å². The van der Waals surface area contributed by atoms with Crippen LogP contribution < -0.4 is 10.6 Å². The van der Waals surface area contributed by atoms with Gasteiger partial charge >= 0.3 is 0 Å². The fourth-order valence-corrected chi connectivity index (χ4v) is 1.69. The fourth-order valence-electron chi connectivity index (χ4n) is 1.69. The van der Waals surface area contributed by atoms with Gasteiger partial charge in [-0.3, -0.25) is 0 Å². The van der Waals surface area contributed by atoms with Crippen molar-refractivity contribution < 1.29 is 0 Å². The summed E-state index contributed by atoms with van der Waals surface area (Å²) in [5.41, 5.74) is 2.87. The largest absolute Gasteiger partial charge is 0.380 e. The average molecular weight is 204 g/mol. The molecule has 82 valence electrons. The third kappa shape index (κ3) is 2.51. The second kappa shape index (κ2) is 3.86. The van der Waals surface area contributed by atoms with Gasteiger partial charge in [-0.05, 0) is 23.1 Å². The molecule has 0 radical (unpaired) electrons. The first-order valence-corrected chi connectivity index (χ1v) is 5.63. The van der Waals surface area contributed by atoms with E-state index in [4.69, 9.17) is 0 Å². The van der Waals surface area contributed by atoms with Crippen molar-refractivity contribution in [3.63, 3.8) is 0 Å². The first-order chi connectivity index (χ1) is 7.05. The highest BCUT2D eigenvalue weighted by atomic mass is 15.1. The van der Waals surface area contributed by atoms with E-state index in [0.29, 0.717) is 6.04 Å². The van der Waals surface area contributed by atoms with Crippen molar-refractivity contribution in [2.45, 2.75) is 32.2 Å². The summed E-state index contributed by atoms with van der Waals surface area (Å²) in [6, 6.07) is 9.41. The Bertz CT molecular complexity index is 317. The summed E-state index contributed by atoms with van der Waals surface area (Å²) >= 11 is 0. The molecule has 1 aliphatic heterocycles. The van der Waals surface area contributed by atoms with E-state index in [1.165, 1.54) is 11.3 Å². The van der Waals surface area contributed by atoms with E-state index >= 15 is 0 Å². The van der Waals surface area contributed by atoms with Crippen LogP contribution in [0.2, 0.25) is 0 Å². The molecule has 2 nitrogen and oxygen atoms in total. The van der Waals surface area contributed by atoms with Crippen LogP contribution in [0.3, 0.4) is 0 Å². The molecule has 2 N–H and O–H groups in total. The van der Waals surface area contributed by atoms with Crippen molar-refractivity contribution in [1.29, 1.82) is 0 Å². The topological polar surface area (TPSA) is 24.1 Å². The number of hydrogen-bond donors (Lipinski definition) is 2. The summed E-state index contributed by atoms with van der Waals surface area (Å²) in [6.45, 7) is 8.89. The van der Waals surface area contributed by atoms with Crippen LogP contribution in [-0.2, 0) is 5.41 Å². The molecule has 0 unspecified atom stereocenters. The molecule has 0 atom stereocenters. The van der Waals surface area contributed by atoms with Gasteiger partial charge in [0.25, 0.3) is 0 Å². The van der Waals surface area contributed by atoms with Gasteiger partial charge in [0.05, 0.1) is 6.04 Å². The zero-order valence-electron chi connectivity index (χ0n) is 9.80. The molecular weight excluding hydrogens is 184 g/mol. The molecule has 1 aromatic carbocycles. The van der Waals surface area contributed by atoms with Crippen LogP contribution in [0.25, 0.3) is 0 Å². The maximum Gasteiger partial charge on any atom is 0.0510 e. The third-order valence-corrected chi connectivity index (χ3v) is 2.90. The average Bonchev–Trinajstić information content (AvgIpc) is 2.11. The van der Waals surface area contributed by atoms with E-state index in [9.17, 15) is 0 Å². The predicted octanol–water partition coefficient (Wildman–Crippen LogP) is 2.37. The summed E-state index contributed by atoms with van der Waals surface area (Å²) < 4.78 is 0. The normalized spacial score (nSPS) is 17.3. The van der Waals surface area contributed by atoms with Gasteiger partial charge in [-0.15, -0.1) is 0 Å². The molecule has 0 aliphatic carbocycles. The maximum atomic E-state index is 3.49. The zero-order valence-corrected chi connectivity index (χ0v) is 9.80. The second-order valence-corrected chi connectivity index (χ2v) is 5.33. The molecular formula is C13H20N2. The molecule has 0 saturated carbocycles. The van der Waals surface area contributed by atoms with Crippen molar-refractivity contribution in [2.24, 2.45) is 0 Å². The van der Waals surface area contributed by atoms with Gasteiger partial charge in [0, 0.05) is 18.8 Å². The summed E-state index contributed by atoms with van der Waals surface area (Å²) in [5.74, 6) is 0. The van der Waals surface area contributed by atoms with Crippen molar-refractivity contribution in [3.05, 3.63) is 29.8 Å². The standard InChI is InChI=1S/C13H20N2/c1-13(2,3)10-4-6-11(7-5-10)15-12-8-14-9-12/h4-7,12,14-15H,8-9H2,1-3H3. The van der Waals surface area contributed by atoms with Crippen LogP contribution in [0.5, 0.6) is 0 Å². The van der Waals surface area contributed by atoms with Crippen molar-refractivity contribution in [1.82, 2.24) is 5.32 Å². The summed E-state index contributed by atoms with van der Waals surface area (Å²) in [6.07, 6.45) is 0. The van der Waals surface area contributed by atoms with Gasteiger partial charge in [0.1, 0.15) is 0 Å². The Kier molecular flexibility index (Phi) is 2.70. The third-order valence-electron chi connectivity index (χ3n) is 2.90. The Hall–Kier alpha value is -1.02. The molecule has 1 aliphatic rings. The van der Waals surface area contributed by atoms with E-state index in [1.807, 2.05) is 0 Å². The molecule has 0 aromatic heterocycles. The van der Waals surface area contributed by atoms with Crippen molar-refractivity contribution in [2.75, 3.05) is 18.4 Å². The fraction of sp³-hybridized carbons (Fsp3) is 0.538. The first-order valence-electron chi connectivity index (χ1n) is 5.63. The lowest BCUT2D eigenvalue weighted by atomic mass is 9.87. The van der Waals surface area contributed by atoms with E-state index in [2.05, 4.69) is 55.7 Å². The lowest BCUT2D eigenvalue weighted by Gasteiger charge is -2.29. The van der Waals surface area contributed by atoms with Gasteiger partial charge in [0.2, 0.25) is 0 Å². The highest BCUT2D eigenvalue weighted by molar-refractivity contribution is 5.47. The van der Waals surface area contributed by atoms with Crippen LogP contribution >= 0.6 is 0 Å². The van der Waals surface area contributed by atoms with Gasteiger partial charge in [-0.1, -0.05) is 32.9 Å². The number of hydrogen-bond acceptors (Lipinski definition) is 2. The zero-order chi connectivity index (χ0) is 10.9. The Labute approximate surface area is 92.1 Å². The Morgan fingerprint density at radius 1 is 1.13 bits per heavy atom. The lowest BCUT2D eigenvalue weighted by Crippen LogP contribution is -2.51. The minimum absolute atomic E-state index is 0.247. The van der Waals surface area contributed by atoms with Crippen molar-refractivity contribution in [3.8, 4) is 0 Å². The van der Waals surface area contributed by atoms with Gasteiger partial charge in [-0.2, -0.15) is 0 Å². The molecule has 0 bridgehead atoms. The van der Waals surface area contributed by atoms with E-state index in [0.717, 1.165) is 13.1 Å². The van der Waals surface area contributed by atoms with Gasteiger partial charge < -0.3 is 10.6 Å². The van der Waals surface area contributed by atoms with E-state index in [-0.39, 0.29) is 5.41 Å². The molecule has 2 heteroatoms. The minimum atomic E-state index is 0.247. The number of anilines is 1. The van der Waals surface area contributed by atoms with Crippen molar-refractivity contribution >= 4 is 5.69 Å². The van der Waals surface area contributed by atoms with Crippen LogP contribution in [0.15, 0.2) is 24.3 Å². The SMILES string of the molecule is CC(C)(C)c1ccc(NC2CNC2)cc1. The molecule has 2 rings (SSSR count).